The van der Waals surface area contributed by atoms with Crippen molar-refractivity contribution in [1.82, 2.24) is 10.2 Å². The molecule has 0 spiro atoms. The number of benzene rings is 2. The van der Waals surface area contributed by atoms with Crippen LogP contribution in [0.1, 0.15) is 19.4 Å². The first-order valence-electron chi connectivity index (χ1n) is 7.91. The van der Waals surface area contributed by atoms with Gasteiger partial charge < -0.3 is 5.11 Å². The SMILES string of the molecule is CC.CS.Oc1ccc(-c2cc(-c3ccc(C(F)(F)F)cc3)[nH]n2)cc1. The summed E-state index contributed by atoms with van der Waals surface area (Å²) >= 11 is 3.53. The maximum Gasteiger partial charge on any atom is 0.416 e. The maximum absolute atomic E-state index is 12.5. The maximum atomic E-state index is 12.5. The Hall–Kier alpha value is -2.41. The van der Waals surface area contributed by atoms with Crippen molar-refractivity contribution in [2.24, 2.45) is 0 Å². The van der Waals surface area contributed by atoms with Gasteiger partial charge in [-0.15, -0.1) is 0 Å². The number of nitrogens with one attached hydrogen (secondary N) is 1. The van der Waals surface area contributed by atoms with Gasteiger partial charge in [0.1, 0.15) is 5.75 Å². The molecular weight excluding hydrogens is 361 g/mol. The Labute approximate surface area is 156 Å². The van der Waals surface area contributed by atoms with Crippen molar-refractivity contribution < 1.29 is 18.3 Å². The third-order valence-corrected chi connectivity index (χ3v) is 3.26. The molecule has 3 aromatic rings. The molecule has 2 aromatic carbocycles. The number of hydrogen-bond donors (Lipinski definition) is 3. The van der Waals surface area contributed by atoms with Crippen LogP contribution in [0.5, 0.6) is 5.75 Å². The number of alkyl halides is 3. The van der Waals surface area contributed by atoms with Gasteiger partial charge >= 0.3 is 6.18 Å². The van der Waals surface area contributed by atoms with Crippen LogP contribution in [-0.2, 0) is 6.18 Å². The van der Waals surface area contributed by atoms with E-state index in [0.717, 1.165) is 17.7 Å². The Morgan fingerprint density at radius 2 is 1.38 bits per heavy atom. The van der Waals surface area contributed by atoms with Crippen LogP contribution in [0, 0.1) is 0 Å². The molecule has 1 heterocycles. The molecule has 0 aliphatic carbocycles. The van der Waals surface area contributed by atoms with E-state index in [0.29, 0.717) is 17.0 Å². The molecule has 0 fully saturated rings. The molecule has 0 atom stereocenters. The normalized spacial score (nSPS) is 10.3. The molecule has 26 heavy (non-hydrogen) atoms. The highest BCUT2D eigenvalue weighted by Crippen LogP contribution is 2.31. The first-order chi connectivity index (χ1) is 12.4. The smallest absolute Gasteiger partial charge is 0.416 e. The fraction of sp³-hybridized carbons (Fsp3) is 0.211. The number of aromatic nitrogens is 2. The minimum Gasteiger partial charge on any atom is -0.508 e. The summed E-state index contributed by atoms with van der Waals surface area (Å²) < 4.78 is 37.6. The number of aromatic amines is 1. The monoisotopic (exact) mass is 382 g/mol. The molecule has 7 heteroatoms. The van der Waals surface area contributed by atoms with Crippen LogP contribution in [0.15, 0.2) is 54.6 Å². The predicted molar refractivity (Wildman–Crippen MR) is 102 cm³/mol. The van der Waals surface area contributed by atoms with Crippen molar-refractivity contribution in [2.45, 2.75) is 20.0 Å². The van der Waals surface area contributed by atoms with Crippen LogP contribution >= 0.6 is 12.6 Å². The van der Waals surface area contributed by atoms with Crippen LogP contribution in [0.4, 0.5) is 13.2 Å². The van der Waals surface area contributed by atoms with E-state index >= 15 is 0 Å². The van der Waals surface area contributed by atoms with Crippen LogP contribution < -0.4 is 0 Å². The van der Waals surface area contributed by atoms with E-state index in [1.165, 1.54) is 12.1 Å². The van der Waals surface area contributed by atoms with Gasteiger partial charge in [0.2, 0.25) is 0 Å². The molecule has 3 nitrogen and oxygen atoms in total. The molecule has 0 unspecified atom stereocenters. The van der Waals surface area contributed by atoms with Gasteiger partial charge in [-0.25, -0.2) is 0 Å². The summed E-state index contributed by atoms with van der Waals surface area (Å²) in [6, 6.07) is 13.1. The number of hydrogen-bond acceptors (Lipinski definition) is 3. The van der Waals surface area contributed by atoms with Crippen molar-refractivity contribution in [3.63, 3.8) is 0 Å². The lowest BCUT2D eigenvalue weighted by Crippen LogP contribution is -2.03. The van der Waals surface area contributed by atoms with Crippen LogP contribution in [-0.4, -0.2) is 21.6 Å². The minimum atomic E-state index is -4.34. The van der Waals surface area contributed by atoms with Gasteiger partial charge in [-0.3, -0.25) is 5.10 Å². The van der Waals surface area contributed by atoms with Gasteiger partial charge in [-0.2, -0.15) is 30.9 Å². The van der Waals surface area contributed by atoms with Gasteiger partial charge in [-0.1, -0.05) is 26.0 Å². The Morgan fingerprint density at radius 1 is 0.885 bits per heavy atom. The Bertz CT molecular complexity index is 782. The van der Waals surface area contributed by atoms with Crippen LogP contribution in [0.2, 0.25) is 0 Å². The topological polar surface area (TPSA) is 48.9 Å². The number of phenols is 1. The summed E-state index contributed by atoms with van der Waals surface area (Å²) in [5, 5.41) is 16.2. The van der Waals surface area contributed by atoms with Gasteiger partial charge in [0.15, 0.2) is 0 Å². The molecule has 3 rings (SSSR count). The molecule has 0 aliphatic heterocycles. The van der Waals surface area contributed by atoms with Gasteiger partial charge in [0, 0.05) is 5.56 Å². The minimum absolute atomic E-state index is 0.155. The summed E-state index contributed by atoms with van der Waals surface area (Å²) in [6.07, 6.45) is -2.65. The summed E-state index contributed by atoms with van der Waals surface area (Å²) in [5.74, 6) is 0.155. The lowest BCUT2D eigenvalue weighted by atomic mass is 10.1. The van der Waals surface area contributed by atoms with Crippen molar-refractivity contribution in [3.05, 3.63) is 60.2 Å². The van der Waals surface area contributed by atoms with E-state index in [1.54, 1.807) is 36.6 Å². The lowest BCUT2D eigenvalue weighted by molar-refractivity contribution is -0.137. The highest BCUT2D eigenvalue weighted by molar-refractivity contribution is 7.79. The zero-order valence-corrected chi connectivity index (χ0v) is 15.6. The van der Waals surface area contributed by atoms with Crippen molar-refractivity contribution >= 4 is 12.6 Å². The number of aromatic hydroxyl groups is 1. The fourth-order valence-corrected chi connectivity index (χ4v) is 2.09. The molecule has 2 N–H and O–H groups in total. The second-order valence-electron chi connectivity index (χ2n) is 4.79. The summed E-state index contributed by atoms with van der Waals surface area (Å²) in [5.41, 5.74) is 2.00. The summed E-state index contributed by atoms with van der Waals surface area (Å²) in [6.45, 7) is 4.00. The van der Waals surface area contributed by atoms with Crippen molar-refractivity contribution in [1.29, 1.82) is 0 Å². The van der Waals surface area contributed by atoms with E-state index in [1.807, 2.05) is 13.8 Å². The molecule has 1 aromatic heterocycles. The predicted octanol–water partition coefficient (Wildman–Crippen LogP) is 6.04. The number of halogens is 3. The molecule has 0 bridgehead atoms. The number of H-pyrrole nitrogens is 1. The molecule has 0 saturated heterocycles. The molecular formula is C19H21F3N2OS. The van der Waals surface area contributed by atoms with Crippen LogP contribution in [0.3, 0.4) is 0 Å². The summed E-state index contributed by atoms with van der Waals surface area (Å²) in [7, 11) is 0. The Kier molecular flexibility index (Phi) is 8.25. The van der Waals surface area contributed by atoms with Gasteiger partial charge in [0.25, 0.3) is 0 Å². The number of nitrogens with zero attached hydrogens (tertiary/aromatic N) is 1. The zero-order chi connectivity index (χ0) is 19.7. The van der Waals surface area contributed by atoms with Gasteiger partial charge in [0.05, 0.1) is 17.0 Å². The fourth-order valence-electron chi connectivity index (χ4n) is 2.09. The molecule has 0 amide bonds. The molecule has 140 valence electrons. The number of rotatable bonds is 2. The van der Waals surface area contributed by atoms with E-state index in [9.17, 15) is 18.3 Å². The first kappa shape index (κ1) is 21.6. The Morgan fingerprint density at radius 3 is 1.88 bits per heavy atom. The van der Waals surface area contributed by atoms with Crippen molar-refractivity contribution in [2.75, 3.05) is 6.26 Å². The number of phenolic OH excluding ortho intramolecular Hbond substituents is 1. The number of thiol groups is 1. The highest BCUT2D eigenvalue weighted by atomic mass is 32.1. The molecule has 0 radical (unpaired) electrons. The second-order valence-corrected chi connectivity index (χ2v) is 4.79. The third kappa shape index (κ3) is 5.56. The Balaban J connectivity index is 0.000000791. The molecule has 0 aliphatic rings. The highest BCUT2D eigenvalue weighted by Gasteiger charge is 2.30. The van der Waals surface area contributed by atoms with E-state index in [2.05, 4.69) is 22.8 Å². The van der Waals surface area contributed by atoms with Crippen molar-refractivity contribution in [3.8, 4) is 28.3 Å². The first-order valence-corrected chi connectivity index (χ1v) is 8.80. The average Bonchev–Trinajstić information content (AvgIpc) is 3.15. The van der Waals surface area contributed by atoms with E-state index in [4.69, 9.17) is 0 Å². The lowest BCUT2D eigenvalue weighted by Gasteiger charge is -2.06. The van der Waals surface area contributed by atoms with Crippen LogP contribution in [0.25, 0.3) is 22.5 Å². The largest absolute Gasteiger partial charge is 0.508 e. The second kappa shape index (κ2) is 9.91. The standard InChI is InChI=1S/C16H11F3N2O.C2H6.CH4S/c17-16(18,19)12-5-1-10(2-6-12)14-9-15(21-20-14)11-3-7-13(22)8-4-11;2*1-2/h1-9,22H,(H,20,21);1-2H3;2H,1H3. The average molecular weight is 382 g/mol. The van der Waals surface area contributed by atoms with E-state index < -0.39 is 11.7 Å². The third-order valence-electron chi connectivity index (χ3n) is 3.26. The molecule has 0 saturated carbocycles. The van der Waals surface area contributed by atoms with Gasteiger partial charge in [-0.05, 0) is 54.3 Å². The zero-order valence-electron chi connectivity index (χ0n) is 14.7. The van der Waals surface area contributed by atoms with E-state index in [-0.39, 0.29) is 5.75 Å². The quantitative estimate of drug-likeness (QED) is 0.473. The summed E-state index contributed by atoms with van der Waals surface area (Å²) in [4.78, 5) is 0.